The number of rotatable bonds is 1. The van der Waals surface area contributed by atoms with Crippen LogP contribution in [0.5, 0.6) is 0 Å². The molecule has 7 heteroatoms. The van der Waals surface area contributed by atoms with Gasteiger partial charge in [0, 0.05) is 6.04 Å². The van der Waals surface area contributed by atoms with E-state index in [1.807, 2.05) is 0 Å². The third-order valence-electron chi connectivity index (χ3n) is 2.62. The van der Waals surface area contributed by atoms with Gasteiger partial charge >= 0.3 is 0 Å². The van der Waals surface area contributed by atoms with Gasteiger partial charge in [-0.2, -0.15) is 4.72 Å². The molecule has 1 aliphatic heterocycles. The van der Waals surface area contributed by atoms with Crippen molar-refractivity contribution in [2.24, 2.45) is 0 Å². The summed E-state index contributed by atoms with van der Waals surface area (Å²) in [7, 11) is -3.32. The fourth-order valence-corrected chi connectivity index (χ4v) is 4.62. The predicted molar refractivity (Wildman–Crippen MR) is 60.0 cm³/mol. The lowest BCUT2D eigenvalue weighted by Crippen LogP contribution is -2.43. The molecule has 1 aromatic rings. The summed E-state index contributed by atoms with van der Waals surface area (Å²) < 4.78 is 26.8. The molecule has 0 radical (unpaired) electrons. The van der Waals surface area contributed by atoms with Crippen LogP contribution in [0.1, 0.15) is 12.8 Å². The van der Waals surface area contributed by atoms with Crippen molar-refractivity contribution in [2.75, 3.05) is 11.6 Å². The molecule has 2 aliphatic rings. The van der Waals surface area contributed by atoms with Gasteiger partial charge in [-0.05, 0) is 18.9 Å². The average molecular weight is 265 g/mol. The summed E-state index contributed by atoms with van der Waals surface area (Å²) in [4.78, 5) is 2.08. The molecule has 0 aromatic carbocycles. The summed E-state index contributed by atoms with van der Waals surface area (Å²) in [6.07, 6.45) is 2.27. The second-order valence-corrected chi connectivity index (χ2v) is 7.38. The lowest BCUT2D eigenvalue weighted by atomic mass is 10.4. The molecule has 0 saturated heterocycles. The highest BCUT2D eigenvalue weighted by Crippen LogP contribution is 2.43. The molecule has 4 nitrogen and oxygen atoms in total. The Hall–Kier alpha value is -0.300. The standard InChI is InChI=1S/C8H9ClN2O2S2/c9-7-3-6-8(14-7)15(12,13)10-4-11(6)5-1-2-5/h3,5,10H,1-2,4H2. The smallest absolute Gasteiger partial charge is 0.253 e. The molecule has 1 N–H and O–H groups in total. The Balaban J connectivity index is 2.14. The van der Waals surface area contributed by atoms with Gasteiger partial charge in [-0.15, -0.1) is 11.3 Å². The maximum absolute atomic E-state index is 11.7. The number of nitrogens with one attached hydrogen (secondary N) is 1. The van der Waals surface area contributed by atoms with Gasteiger partial charge in [-0.25, -0.2) is 8.42 Å². The number of anilines is 1. The van der Waals surface area contributed by atoms with Crippen LogP contribution in [-0.4, -0.2) is 21.1 Å². The lowest BCUT2D eigenvalue weighted by molar-refractivity contribution is 0.573. The molecule has 15 heavy (non-hydrogen) atoms. The van der Waals surface area contributed by atoms with Gasteiger partial charge in [0.25, 0.3) is 10.0 Å². The van der Waals surface area contributed by atoms with Gasteiger partial charge in [0.05, 0.1) is 16.7 Å². The van der Waals surface area contributed by atoms with Crippen LogP contribution in [0.25, 0.3) is 0 Å². The van der Waals surface area contributed by atoms with Crippen molar-refractivity contribution in [3.05, 3.63) is 10.4 Å². The summed E-state index contributed by atoms with van der Waals surface area (Å²) in [5, 5.41) is 0. The third kappa shape index (κ3) is 1.56. The first kappa shape index (κ1) is 9.89. The van der Waals surface area contributed by atoms with E-state index in [4.69, 9.17) is 11.6 Å². The first-order chi connectivity index (χ1) is 7.08. The fraction of sp³-hybridized carbons (Fsp3) is 0.500. The molecular formula is C8H9ClN2O2S2. The minimum Gasteiger partial charge on any atom is -0.353 e. The first-order valence-electron chi connectivity index (χ1n) is 4.63. The zero-order valence-corrected chi connectivity index (χ0v) is 10.1. The van der Waals surface area contributed by atoms with Crippen LogP contribution in [0.3, 0.4) is 0 Å². The Morgan fingerprint density at radius 1 is 1.53 bits per heavy atom. The predicted octanol–water partition coefficient (Wildman–Crippen LogP) is 1.62. The fourth-order valence-electron chi connectivity index (χ4n) is 1.75. The van der Waals surface area contributed by atoms with Crippen LogP contribution < -0.4 is 9.62 Å². The van der Waals surface area contributed by atoms with Crippen molar-refractivity contribution in [3.63, 3.8) is 0 Å². The number of sulfonamides is 1. The van der Waals surface area contributed by atoms with Crippen LogP contribution in [0.2, 0.25) is 4.34 Å². The Kier molecular flexibility index (Phi) is 2.04. The van der Waals surface area contributed by atoms with Crippen LogP contribution in [0.4, 0.5) is 5.69 Å². The van der Waals surface area contributed by atoms with Gasteiger partial charge in [0.1, 0.15) is 0 Å². The van der Waals surface area contributed by atoms with E-state index < -0.39 is 10.0 Å². The van der Waals surface area contributed by atoms with Crippen molar-refractivity contribution in [1.82, 2.24) is 4.72 Å². The SMILES string of the molecule is O=S1(=O)NCN(C2CC2)c2cc(Cl)sc21. The minimum absolute atomic E-state index is 0.352. The summed E-state index contributed by atoms with van der Waals surface area (Å²) in [5.74, 6) is 0. The highest BCUT2D eigenvalue weighted by atomic mass is 35.5. The van der Waals surface area contributed by atoms with Gasteiger partial charge < -0.3 is 4.90 Å². The van der Waals surface area contributed by atoms with Crippen molar-refractivity contribution < 1.29 is 8.42 Å². The Bertz CT molecular complexity index is 507. The summed E-state index contributed by atoms with van der Waals surface area (Å²) in [6, 6.07) is 2.23. The van der Waals surface area contributed by atoms with Crippen molar-refractivity contribution >= 4 is 38.6 Å². The molecule has 1 aromatic heterocycles. The number of halogens is 1. The van der Waals surface area contributed by atoms with E-state index in [-0.39, 0.29) is 0 Å². The number of fused-ring (bicyclic) bond motifs is 1. The van der Waals surface area contributed by atoms with E-state index in [0.717, 1.165) is 29.9 Å². The molecule has 1 fully saturated rings. The van der Waals surface area contributed by atoms with Crippen LogP contribution >= 0.6 is 22.9 Å². The Morgan fingerprint density at radius 3 is 2.93 bits per heavy atom. The molecule has 82 valence electrons. The lowest BCUT2D eigenvalue weighted by Gasteiger charge is -2.28. The second-order valence-electron chi connectivity index (χ2n) is 3.73. The highest BCUT2D eigenvalue weighted by molar-refractivity contribution is 7.92. The maximum Gasteiger partial charge on any atom is 0.253 e. The van der Waals surface area contributed by atoms with Crippen LogP contribution in [0.15, 0.2) is 10.3 Å². The molecule has 2 heterocycles. The van der Waals surface area contributed by atoms with Crippen LogP contribution in [0, 0.1) is 0 Å². The van der Waals surface area contributed by atoms with E-state index in [2.05, 4.69) is 9.62 Å². The normalized spacial score (nSPS) is 23.9. The molecule has 3 rings (SSSR count). The average Bonchev–Trinajstić information content (AvgIpc) is 2.89. The monoisotopic (exact) mass is 264 g/mol. The van der Waals surface area contributed by atoms with E-state index >= 15 is 0 Å². The maximum atomic E-state index is 11.7. The quantitative estimate of drug-likeness (QED) is 0.839. The second kappa shape index (κ2) is 3.10. The highest BCUT2D eigenvalue weighted by Gasteiger charge is 2.38. The molecule has 0 amide bonds. The zero-order valence-electron chi connectivity index (χ0n) is 7.73. The Labute approximate surface area is 96.9 Å². The first-order valence-corrected chi connectivity index (χ1v) is 7.31. The molecule has 1 saturated carbocycles. The number of nitrogens with zero attached hydrogens (tertiary/aromatic N) is 1. The number of hydrogen-bond donors (Lipinski definition) is 1. The third-order valence-corrected chi connectivity index (χ3v) is 5.78. The minimum atomic E-state index is -3.32. The van der Waals surface area contributed by atoms with E-state index in [9.17, 15) is 8.42 Å². The molecule has 1 aliphatic carbocycles. The molecular weight excluding hydrogens is 256 g/mol. The molecule has 0 atom stereocenters. The van der Waals surface area contributed by atoms with E-state index in [0.29, 0.717) is 21.3 Å². The summed E-state index contributed by atoms with van der Waals surface area (Å²) >= 11 is 6.99. The van der Waals surface area contributed by atoms with Crippen molar-refractivity contribution in [3.8, 4) is 0 Å². The van der Waals surface area contributed by atoms with Gasteiger partial charge in [-0.3, -0.25) is 0 Å². The van der Waals surface area contributed by atoms with Gasteiger partial charge in [0.15, 0.2) is 4.21 Å². The van der Waals surface area contributed by atoms with Gasteiger partial charge in [0.2, 0.25) is 0 Å². The van der Waals surface area contributed by atoms with E-state index in [1.54, 1.807) is 6.07 Å². The van der Waals surface area contributed by atoms with Crippen LogP contribution in [-0.2, 0) is 10.0 Å². The summed E-state index contributed by atoms with van der Waals surface area (Å²) in [6.45, 7) is 0.368. The number of hydrogen-bond acceptors (Lipinski definition) is 4. The van der Waals surface area contributed by atoms with Gasteiger partial charge in [-0.1, -0.05) is 11.6 Å². The Morgan fingerprint density at radius 2 is 2.27 bits per heavy atom. The zero-order chi connectivity index (χ0) is 10.6. The topological polar surface area (TPSA) is 49.4 Å². The number of thiophene rings is 1. The molecule has 0 bridgehead atoms. The summed E-state index contributed by atoms with van der Waals surface area (Å²) in [5.41, 5.74) is 0.770. The largest absolute Gasteiger partial charge is 0.353 e. The molecule has 0 spiro atoms. The van der Waals surface area contributed by atoms with E-state index in [1.165, 1.54) is 0 Å². The van der Waals surface area contributed by atoms with Crippen molar-refractivity contribution in [2.45, 2.75) is 23.1 Å². The van der Waals surface area contributed by atoms with Crippen molar-refractivity contribution in [1.29, 1.82) is 0 Å². The molecule has 0 unspecified atom stereocenters.